The Morgan fingerprint density at radius 1 is 1.07 bits per heavy atom. The van der Waals surface area contributed by atoms with Crippen molar-refractivity contribution in [3.05, 3.63) is 29.8 Å². The van der Waals surface area contributed by atoms with E-state index in [2.05, 4.69) is 27.7 Å². The first-order valence-electron chi connectivity index (χ1n) is 10.3. The minimum Gasteiger partial charge on any atom is -0.497 e. The Kier molecular flexibility index (Phi) is 10.7. The maximum Gasteiger partial charge on any atom is 0.191 e. The van der Waals surface area contributed by atoms with Gasteiger partial charge < -0.3 is 25.0 Å². The molecule has 0 amide bonds. The van der Waals surface area contributed by atoms with Gasteiger partial charge in [0, 0.05) is 26.3 Å². The fourth-order valence-electron chi connectivity index (χ4n) is 3.12. The molecule has 2 rings (SSSR count). The zero-order valence-corrected chi connectivity index (χ0v) is 17.0. The Balaban J connectivity index is 1.76. The largest absolute Gasteiger partial charge is 0.497 e. The molecule has 0 aliphatic carbocycles. The molecule has 1 saturated heterocycles. The summed E-state index contributed by atoms with van der Waals surface area (Å²) in [6.07, 6.45) is 4.82. The quantitative estimate of drug-likeness (QED) is 0.334. The van der Waals surface area contributed by atoms with Gasteiger partial charge >= 0.3 is 0 Å². The summed E-state index contributed by atoms with van der Waals surface area (Å²) < 4.78 is 10.6. The third kappa shape index (κ3) is 9.11. The highest BCUT2D eigenvalue weighted by molar-refractivity contribution is 5.79. The second-order valence-electron chi connectivity index (χ2n) is 6.82. The molecule has 0 saturated carbocycles. The maximum absolute atomic E-state index is 5.40. The van der Waals surface area contributed by atoms with Crippen molar-refractivity contribution in [3.8, 4) is 5.75 Å². The summed E-state index contributed by atoms with van der Waals surface area (Å²) in [5.41, 5.74) is 1.17. The molecule has 0 spiro atoms. The van der Waals surface area contributed by atoms with Gasteiger partial charge in [-0.3, -0.25) is 0 Å². The lowest BCUT2D eigenvalue weighted by Gasteiger charge is -2.16. The monoisotopic (exact) mass is 376 g/mol. The van der Waals surface area contributed by atoms with Gasteiger partial charge in [0.25, 0.3) is 0 Å². The van der Waals surface area contributed by atoms with Crippen molar-refractivity contribution in [2.75, 3.05) is 53.0 Å². The van der Waals surface area contributed by atoms with Crippen LogP contribution in [0.1, 0.15) is 38.2 Å². The van der Waals surface area contributed by atoms with E-state index in [-0.39, 0.29) is 0 Å². The highest BCUT2D eigenvalue weighted by Crippen LogP contribution is 2.11. The molecule has 1 aliphatic heterocycles. The van der Waals surface area contributed by atoms with Crippen LogP contribution in [-0.2, 0) is 11.3 Å². The maximum atomic E-state index is 5.40. The summed E-state index contributed by atoms with van der Waals surface area (Å²) >= 11 is 0. The van der Waals surface area contributed by atoms with Crippen LogP contribution in [0.4, 0.5) is 0 Å². The van der Waals surface area contributed by atoms with Crippen LogP contribution in [0.2, 0.25) is 0 Å². The molecule has 6 nitrogen and oxygen atoms in total. The van der Waals surface area contributed by atoms with Gasteiger partial charge in [-0.05, 0) is 69.9 Å². The van der Waals surface area contributed by atoms with E-state index in [1.54, 1.807) is 7.11 Å². The predicted octanol–water partition coefficient (Wildman–Crippen LogP) is 2.64. The first-order valence-corrected chi connectivity index (χ1v) is 10.3. The molecule has 1 fully saturated rings. The average Bonchev–Trinajstić information content (AvgIpc) is 3.22. The van der Waals surface area contributed by atoms with E-state index in [1.165, 1.54) is 38.0 Å². The topological polar surface area (TPSA) is 58.1 Å². The van der Waals surface area contributed by atoms with E-state index in [0.717, 1.165) is 50.9 Å². The zero-order valence-electron chi connectivity index (χ0n) is 17.0. The average molecular weight is 377 g/mol. The van der Waals surface area contributed by atoms with Crippen molar-refractivity contribution in [2.45, 2.75) is 39.2 Å². The van der Waals surface area contributed by atoms with Crippen molar-refractivity contribution >= 4 is 5.96 Å². The van der Waals surface area contributed by atoms with Gasteiger partial charge in [-0.2, -0.15) is 0 Å². The molecule has 0 atom stereocenters. The van der Waals surface area contributed by atoms with E-state index in [4.69, 9.17) is 14.5 Å². The molecule has 1 aromatic rings. The molecule has 0 aromatic heterocycles. The van der Waals surface area contributed by atoms with Gasteiger partial charge in [-0.1, -0.05) is 12.1 Å². The Labute approximate surface area is 164 Å². The molecular weight excluding hydrogens is 340 g/mol. The van der Waals surface area contributed by atoms with E-state index in [1.807, 2.05) is 19.1 Å². The van der Waals surface area contributed by atoms with Crippen LogP contribution in [0.3, 0.4) is 0 Å². The lowest BCUT2D eigenvalue weighted by atomic mass is 10.2. The fourth-order valence-corrected chi connectivity index (χ4v) is 3.12. The predicted molar refractivity (Wildman–Crippen MR) is 112 cm³/mol. The molecule has 0 radical (unpaired) electrons. The van der Waals surface area contributed by atoms with E-state index >= 15 is 0 Å². The first kappa shape index (κ1) is 21.5. The summed E-state index contributed by atoms with van der Waals surface area (Å²) in [7, 11) is 1.68. The number of aliphatic imine (C=N–C) groups is 1. The number of rotatable bonds is 12. The van der Waals surface area contributed by atoms with Crippen molar-refractivity contribution in [1.29, 1.82) is 0 Å². The molecule has 27 heavy (non-hydrogen) atoms. The van der Waals surface area contributed by atoms with E-state index < -0.39 is 0 Å². The second-order valence-corrected chi connectivity index (χ2v) is 6.82. The lowest BCUT2D eigenvalue weighted by molar-refractivity contribution is 0.145. The molecule has 0 unspecified atom stereocenters. The van der Waals surface area contributed by atoms with Gasteiger partial charge in [-0.25, -0.2) is 4.99 Å². The standard InChI is InChI=1S/C21H36N4O2/c1-3-27-17-7-13-23-21(22-12-6-16-25-14-4-5-15-25)24-18-19-8-10-20(26-2)11-9-19/h8-11H,3-7,12-18H2,1-2H3,(H2,22,23,24). The van der Waals surface area contributed by atoms with Crippen molar-refractivity contribution in [1.82, 2.24) is 15.5 Å². The van der Waals surface area contributed by atoms with Crippen molar-refractivity contribution in [2.24, 2.45) is 4.99 Å². The highest BCUT2D eigenvalue weighted by Gasteiger charge is 2.10. The minimum absolute atomic E-state index is 0.650. The smallest absolute Gasteiger partial charge is 0.191 e. The summed E-state index contributed by atoms with van der Waals surface area (Å²) in [5, 5.41) is 6.89. The minimum atomic E-state index is 0.650. The van der Waals surface area contributed by atoms with Crippen LogP contribution in [-0.4, -0.2) is 63.9 Å². The number of methoxy groups -OCH3 is 1. The number of guanidine groups is 1. The molecule has 0 bridgehead atoms. The molecule has 6 heteroatoms. The Hall–Kier alpha value is -1.79. The van der Waals surface area contributed by atoms with E-state index in [9.17, 15) is 0 Å². The summed E-state index contributed by atoms with van der Waals surface area (Å²) in [6.45, 7) is 9.72. The molecule has 1 heterocycles. The van der Waals surface area contributed by atoms with Gasteiger partial charge in [0.05, 0.1) is 13.7 Å². The Morgan fingerprint density at radius 2 is 1.78 bits per heavy atom. The molecule has 1 aliphatic rings. The van der Waals surface area contributed by atoms with E-state index in [0.29, 0.717) is 6.54 Å². The molecule has 1 aromatic carbocycles. The molecule has 152 valence electrons. The van der Waals surface area contributed by atoms with Gasteiger partial charge in [-0.15, -0.1) is 0 Å². The number of ether oxygens (including phenoxy) is 2. The number of hydrogen-bond acceptors (Lipinski definition) is 4. The van der Waals surface area contributed by atoms with Gasteiger partial charge in [0.2, 0.25) is 0 Å². The summed E-state index contributed by atoms with van der Waals surface area (Å²) in [6, 6.07) is 8.07. The SMILES string of the molecule is CCOCCCNC(=NCc1ccc(OC)cc1)NCCCN1CCCC1. The molecular formula is C21H36N4O2. The van der Waals surface area contributed by atoms with Crippen molar-refractivity contribution in [3.63, 3.8) is 0 Å². The number of benzene rings is 1. The normalized spacial score (nSPS) is 15.1. The van der Waals surface area contributed by atoms with Crippen LogP contribution in [0, 0.1) is 0 Å². The van der Waals surface area contributed by atoms with Crippen molar-refractivity contribution < 1.29 is 9.47 Å². The van der Waals surface area contributed by atoms with Gasteiger partial charge in [0.15, 0.2) is 5.96 Å². The fraction of sp³-hybridized carbons (Fsp3) is 0.667. The number of nitrogens with one attached hydrogen (secondary N) is 2. The third-order valence-electron chi connectivity index (χ3n) is 4.68. The zero-order chi connectivity index (χ0) is 19.2. The Bertz CT molecular complexity index is 527. The van der Waals surface area contributed by atoms with Crippen LogP contribution in [0.25, 0.3) is 0 Å². The molecule has 2 N–H and O–H groups in total. The van der Waals surface area contributed by atoms with Gasteiger partial charge in [0.1, 0.15) is 5.75 Å². The lowest BCUT2D eigenvalue weighted by Crippen LogP contribution is -2.39. The first-order chi connectivity index (χ1) is 13.3. The Morgan fingerprint density at radius 3 is 2.44 bits per heavy atom. The van der Waals surface area contributed by atoms with Crippen LogP contribution in [0.5, 0.6) is 5.75 Å². The number of likely N-dealkylation sites (tertiary alicyclic amines) is 1. The number of nitrogens with zero attached hydrogens (tertiary/aromatic N) is 2. The van der Waals surface area contributed by atoms with Crippen LogP contribution < -0.4 is 15.4 Å². The second kappa shape index (κ2) is 13.4. The third-order valence-corrected chi connectivity index (χ3v) is 4.68. The van der Waals surface area contributed by atoms with Crippen LogP contribution >= 0.6 is 0 Å². The van der Waals surface area contributed by atoms with Crippen LogP contribution in [0.15, 0.2) is 29.3 Å². The summed E-state index contributed by atoms with van der Waals surface area (Å²) in [5.74, 6) is 1.75. The summed E-state index contributed by atoms with van der Waals surface area (Å²) in [4.78, 5) is 7.28. The highest BCUT2D eigenvalue weighted by atomic mass is 16.5. The number of hydrogen-bond donors (Lipinski definition) is 2.